The molecule has 23 heavy (non-hydrogen) atoms. The summed E-state index contributed by atoms with van der Waals surface area (Å²) in [5.74, 6) is -0.316. The van der Waals surface area contributed by atoms with Gasteiger partial charge in [0.2, 0.25) is 0 Å². The molecular weight excluding hydrogens is 344 g/mol. The van der Waals surface area contributed by atoms with Gasteiger partial charge in [0, 0.05) is 24.3 Å². The Kier molecular flexibility index (Phi) is 3.65. The monoisotopic (exact) mass is 354 g/mol. The van der Waals surface area contributed by atoms with Crippen LogP contribution in [0.15, 0.2) is 35.4 Å². The normalized spacial score (nSPS) is 15.0. The first-order chi connectivity index (χ1) is 10.8. The summed E-state index contributed by atoms with van der Waals surface area (Å²) in [5, 5.41) is 0.262. The smallest absolute Gasteiger partial charge is 0.339 e. The van der Waals surface area contributed by atoms with Crippen molar-refractivity contribution in [2.24, 2.45) is 0 Å². The molecule has 0 bridgehead atoms. The average molecular weight is 355 g/mol. The fourth-order valence-electron chi connectivity index (χ4n) is 2.13. The largest absolute Gasteiger partial charge is 0.465 e. The Morgan fingerprint density at radius 2 is 2.04 bits per heavy atom. The molecule has 0 fully saturated rings. The van der Waals surface area contributed by atoms with Crippen LogP contribution in [0.25, 0.3) is 0 Å². The van der Waals surface area contributed by atoms with Crippen molar-refractivity contribution in [2.75, 3.05) is 18.5 Å². The van der Waals surface area contributed by atoms with Crippen LogP contribution in [0.4, 0.5) is 5.82 Å². The van der Waals surface area contributed by atoms with Crippen LogP contribution in [0.2, 0.25) is 5.02 Å². The van der Waals surface area contributed by atoms with Crippen LogP contribution in [-0.4, -0.2) is 33.5 Å². The number of ether oxygens (including phenoxy) is 2. The molecule has 0 saturated carbocycles. The third-order valence-electron chi connectivity index (χ3n) is 3.32. The number of hydrogen-bond acceptors (Lipinski definition) is 6. The van der Waals surface area contributed by atoms with Crippen LogP contribution in [-0.2, 0) is 14.8 Å². The maximum atomic E-state index is 12.7. The Morgan fingerprint density at radius 3 is 2.74 bits per heavy atom. The van der Waals surface area contributed by atoms with Crippen molar-refractivity contribution < 1.29 is 22.7 Å². The number of carbonyl (C=O) groups excluding carboxylic acids is 1. The van der Waals surface area contributed by atoms with Gasteiger partial charge >= 0.3 is 5.97 Å². The zero-order valence-corrected chi connectivity index (χ0v) is 13.7. The van der Waals surface area contributed by atoms with Crippen molar-refractivity contribution in [2.45, 2.75) is 4.90 Å². The molecule has 0 atom stereocenters. The third-order valence-corrected chi connectivity index (χ3v) is 5.32. The maximum absolute atomic E-state index is 12.7. The van der Waals surface area contributed by atoms with Crippen molar-refractivity contribution in [1.82, 2.24) is 4.98 Å². The van der Waals surface area contributed by atoms with Gasteiger partial charge in [-0.3, -0.25) is 0 Å². The number of fused-ring (bicyclic) bond motifs is 2. The highest BCUT2D eigenvalue weighted by molar-refractivity contribution is 7.93. The highest BCUT2D eigenvalue weighted by Gasteiger charge is 2.33. The van der Waals surface area contributed by atoms with E-state index in [9.17, 15) is 13.2 Å². The van der Waals surface area contributed by atoms with E-state index in [0.717, 1.165) is 4.31 Å². The van der Waals surface area contributed by atoms with Gasteiger partial charge in [0.05, 0.1) is 12.7 Å². The number of halogens is 1. The van der Waals surface area contributed by atoms with Gasteiger partial charge < -0.3 is 9.47 Å². The van der Waals surface area contributed by atoms with Crippen molar-refractivity contribution in [3.05, 3.63) is 41.0 Å². The van der Waals surface area contributed by atoms with Gasteiger partial charge in [-0.25, -0.2) is 22.5 Å². The lowest BCUT2D eigenvalue weighted by Crippen LogP contribution is -2.26. The Bertz CT molecular complexity index is 913. The Balaban J connectivity index is 2.24. The maximum Gasteiger partial charge on any atom is 0.339 e. The summed E-state index contributed by atoms with van der Waals surface area (Å²) in [5.41, 5.74) is 0.148. The van der Waals surface area contributed by atoms with Gasteiger partial charge in [0.25, 0.3) is 10.0 Å². The molecule has 0 radical (unpaired) electrons. The zero-order chi connectivity index (χ0) is 16.8. The second kappa shape index (κ2) is 5.39. The number of hydrogen-bond donors (Lipinski definition) is 0. The molecule has 0 N–H and O–H groups in total. The van der Waals surface area contributed by atoms with E-state index < -0.39 is 16.0 Å². The molecule has 0 aliphatic carbocycles. The first-order valence-corrected chi connectivity index (χ1v) is 8.21. The van der Waals surface area contributed by atoms with Crippen molar-refractivity contribution in [1.29, 1.82) is 0 Å². The van der Waals surface area contributed by atoms with Crippen LogP contribution in [0.3, 0.4) is 0 Å². The van der Waals surface area contributed by atoms with E-state index in [0.29, 0.717) is 0 Å². The number of esters is 1. The summed E-state index contributed by atoms with van der Waals surface area (Å²) < 4.78 is 36.6. The summed E-state index contributed by atoms with van der Waals surface area (Å²) in [6.45, 7) is 0. The van der Waals surface area contributed by atoms with E-state index in [1.807, 2.05) is 0 Å². The zero-order valence-electron chi connectivity index (χ0n) is 12.1. The minimum absolute atomic E-state index is 0.0602. The fourth-order valence-corrected chi connectivity index (χ4v) is 3.66. The van der Waals surface area contributed by atoms with Crippen LogP contribution < -0.4 is 9.04 Å². The topological polar surface area (TPSA) is 85.8 Å². The van der Waals surface area contributed by atoms with Crippen molar-refractivity contribution in [3.8, 4) is 11.5 Å². The Morgan fingerprint density at radius 1 is 1.30 bits per heavy atom. The van der Waals surface area contributed by atoms with Gasteiger partial charge in [0.1, 0.15) is 10.6 Å². The summed E-state index contributed by atoms with van der Waals surface area (Å²) >= 11 is 5.89. The fraction of sp³-hybridized carbons (Fsp3) is 0.143. The molecule has 1 aromatic carbocycles. The first-order valence-electron chi connectivity index (χ1n) is 6.39. The van der Waals surface area contributed by atoms with E-state index in [1.165, 1.54) is 44.6 Å². The molecule has 120 valence electrons. The van der Waals surface area contributed by atoms with E-state index in [-0.39, 0.29) is 32.8 Å². The van der Waals surface area contributed by atoms with E-state index >= 15 is 0 Å². The average Bonchev–Trinajstić information content (AvgIpc) is 2.61. The molecule has 3 rings (SSSR count). The molecular formula is C14H11ClN2O5S. The molecule has 2 aromatic rings. The van der Waals surface area contributed by atoms with Crippen LogP contribution in [0.1, 0.15) is 10.4 Å². The minimum atomic E-state index is -3.89. The molecule has 0 amide bonds. The van der Waals surface area contributed by atoms with Gasteiger partial charge in [-0.05, 0) is 18.2 Å². The highest BCUT2D eigenvalue weighted by atomic mass is 35.5. The molecule has 9 heteroatoms. The van der Waals surface area contributed by atoms with E-state index in [2.05, 4.69) is 9.72 Å². The van der Waals surface area contributed by atoms with Gasteiger partial charge in [0.15, 0.2) is 11.6 Å². The molecule has 2 heterocycles. The van der Waals surface area contributed by atoms with Crippen molar-refractivity contribution in [3.63, 3.8) is 0 Å². The number of pyridine rings is 1. The van der Waals surface area contributed by atoms with E-state index in [1.54, 1.807) is 0 Å². The second-order valence-corrected chi connectivity index (χ2v) is 7.08. The predicted molar refractivity (Wildman–Crippen MR) is 82.7 cm³/mol. The number of benzene rings is 1. The molecule has 0 unspecified atom stereocenters. The Hall–Kier alpha value is -2.32. The summed E-state index contributed by atoms with van der Waals surface area (Å²) in [4.78, 5) is 15.6. The Labute approximate surface area is 137 Å². The van der Waals surface area contributed by atoms with E-state index in [4.69, 9.17) is 16.3 Å². The van der Waals surface area contributed by atoms with Crippen LogP contribution in [0, 0.1) is 0 Å². The molecule has 1 aromatic heterocycles. The molecule has 1 aliphatic heterocycles. The lowest BCUT2D eigenvalue weighted by molar-refractivity contribution is 0.0600. The van der Waals surface area contributed by atoms with Gasteiger partial charge in [-0.1, -0.05) is 11.6 Å². The van der Waals surface area contributed by atoms with Crippen LogP contribution in [0.5, 0.6) is 11.5 Å². The first kappa shape index (κ1) is 15.6. The molecule has 1 aliphatic rings. The standard InChI is InChI=1S/C14H11ClN2O5S/c1-17-13-11(5-8(7-16-13)14(18)21-2)22-10-4-3-9(15)6-12(10)23(17,19)20/h3-7H,1-2H3. The second-order valence-electron chi connectivity index (χ2n) is 4.70. The number of nitrogens with zero attached hydrogens (tertiary/aromatic N) is 2. The van der Waals surface area contributed by atoms with Gasteiger partial charge in [-0.2, -0.15) is 0 Å². The summed E-state index contributed by atoms with van der Waals surface area (Å²) in [6, 6.07) is 5.64. The highest BCUT2D eigenvalue weighted by Crippen LogP contribution is 2.41. The van der Waals surface area contributed by atoms with Crippen molar-refractivity contribution >= 4 is 33.4 Å². The summed E-state index contributed by atoms with van der Waals surface area (Å²) in [7, 11) is -1.30. The quantitative estimate of drug-likeness (QED) is 0.731. The molecule has 0 saturated heterocycles. The number of aromatic nitrogens is 1. The van der Waals surface area contributed by atoms with Gasteiger partial charge in [-0.15, -0.1) is 0 Å². The SMILES string of the molecule is COC(=O)c1cnc2c(c1)Oc1ccc(Cl)cc1S(=O)(=O)N2C. The minimum Gasteiger partial charge on any atom is -0.465 e. The number of anilines is 1. The number of carbonyl (C=O) groups is 1. The predicted octanol–water partition coefficient (Wildman–Crippen LogP) is 2.45. The molecule has 7 nitrogen and oxygen atoms in total. The summed E-state index contributed by atoms with van der Waals surface area (Å²) in [6.07, 6.45) is 1.23. The number of sulfonamides is 1. The third kappa shape index (κ3) is 2.49. The lowest BCUT2D eigenvalue weighted by Gasteiger charge is -2.16. The number of rotatable bonds is 1. The molecule has 0 spiro atoms. The van der Waals surface area contributed by atoms with Crippen LogP contribution >= 0.6 is 11.6 Å². The lowest BCUT2D eigenvalue weighted by atomic mass is 10.2. The number of methoxy groups -OCH3 is 1.